The molecule has 0 aliphatic carbocycles. The first-order valence-corrected chi connectivity index (χ1v) is 9.77. The van der Waals surface area contributed by atoms with Crippen LogP contribution in [0, 0.1) is 6.92 Å². The van der Waals surface area contributed by atoms with Crippen molar-refractivity contribution >= 4 is 38.3 Å². The zero-order valence-electron chi connectivity index (χ0n) is 14.2. The Morgan fingerprint density at radius 2 is 1.96 bits per heavy atom. The Morgan fingerprint density at radius 1 is 1.23 bits per heavy atom. The highest BCUT2D eigenvalue weighted by atomic mass is 35.5. The molecule has 2 aromatic carbocycles. The first-order chi connectivity index (χ1) is 12.2. The van der Waals surface area contributed by atoms with E-state index >= 15 is 0 Å². The molecule has 0 radical (unpaired) electrons. The number of aromatic nitrogens is 1. The number of nitrogens with one attached hydrogen (secondary N) is 1. The van der Waals surface area contributed by atoms with Crippen LogP contribution < -0.4 is 9.88 Å². The number of aryl methyl sites for hydroxylation is 1. The molecule has 6 nitrogen and oxygen atoms in total. The van der Waals surface area contributed by atoms with E-state index in [1.54, 1.807) is 0 Å². The summed E-state index contributed by atoms with van der Waals surface area (Å²) in [6.07, 6.45) is 0. The molecule has 0 saturated heterocycles. The monoisotopic (exact) mass is 392 g/mol. The molecule has 0 aliphatic heterocycles. The summed E-state index contributed by atoms with van der Waals surface area (Å²) in [5, 5.41) is 5.99. The number of nitrogens with two attached hydrogens (primary N) is 1. The van der Waals surface area contributed by atoms with Gasteiger partial charge in [-0.2, -0.15) is 0 Å². The Labute approximate surface area is 156 Å². The Kier molecular flexibility index (Phi) is 4.79. The van der Waals surface area contributed by atoms with E-state index in [1.807, 2.05) is 32.0 Å². The molecular weight excluding hydrogens is 376 g/mol. The molecular formula is C18H17ClN2O4S. The van der Waals surface area contributed by atoms with Crippen molar-refractivity contribution in [1.82, 2.24) is 4.98 Å². The van der Waals surface area contributed by atoms with E-state index in [2.05, 4.69) is 4.98 Å². The van der Waals surface area contributed by atoms with Gasteiger partial charge in [0.2, 0.25) is 15.8 Å². The van der Waals surface area contributed by atoms with Gasteiger partial charge in [-0.1, -0.05) is 11.6 Å². The summed E-state index contributed by atoms with van der Waals surface area (Å²) < 4.78 is 28.8. The van der Waals surface area contributed by atoms with Crippen molar-refractivity contribution in [3.8, 4) is 5.75 Å². The summed E-state index contributed by atoms with van der Waals surface area (Å²) in [4.78, 5) is 15.7. The summed E-state index contributed by atoms with van der Waals surface area (Å²) in [5.41, 5.74) is 2.09. The minimum atomic E-state index is -4.03. The first-order valence-electron chi connectivity index (χ1n) is 7.84. The van der Waals surface area contributed by atoms with Crippen LogP contribution in [0.15, 0.2) is 41.3 Å². The summed E-state index contributed by atoms with van der Waals surface area (Å²) in [7, 11) is -4.03. The van der Waals surface area contributed by atoms with Crippen molar-refractivity contribution in [3.05, 3.63) is 58.2 Å². The minimum Gasteiger partial charge on any atom is -0.494 e. The Hall–Kier alpha value is -2.35. The number of H-pyrrole nitrogens is 1. The molecule has 0 amide bonds. The number of rotatable bonds is 5. The van der Waals surface area contributed by atoms with Crippen LogP contribution in [-0.2, 0) is 10.0 Å². The third-order valence-electron chi connectivity index (χ3n) is 4.07. The quantitative estimate of drug-likeness (QED) is 0.649. The van der Waals surface area contributed by atoms with Crippen molar-refractivity contribution in [1.29, 1.82) is 0 Å². The highest BCUT2D eigenvalue weighted by Gasteiger charge is 2.20. The molecule has 8 heteroatoms. The van der Waals surface area contributed by atoms with Gasteiger partial charge >= 0.3 is 0 Å². The van der Waals surface area contributed by atoms with E-state index in [4.69, 9.17) is 21.5 Å². The van der Waals surface area contributed by atoms with Gasteiger partial charge in [-0.3, -0.25) is 4.79 Å². The van der Waals surface area contributed by atoms with Crippen LogP contribution in [0.2, 0.25) is 5.02 Å². The highest BCUT2D eigenvalue weighted by Crippen LogP contribution is 2.29. The summed E-state index contributed by atoms with van der Waals surface area (Å²) in [5.74, 6) is 0.363. The molecule has 1 heterocycles. The maximum atomic E-state index is 12.9. The molecule has 26 heavy (non-hydrogen) atoms. The van der Waals surface area contributed by atoms with E-state index in [0.29, 0.717) is 18.1 Å². The molecule has 136 valence electrons. The van der Waals surface area contributed by atoms with Gasteiger partial charge in [0.05, 0.1) is 17.3 Å². The lowest BCUT2D eigenvalue weighted by Crippen LogP contribution is -2.14. The summed E-state index contributed by atoms with van der Waals surface area (Å²) in [6, 6.07) is 9.52. The number of ether oxygens (including phenoxy) is 1. The number of primary sulfonamides is 1. The number of carbonyl (C=O) groups excluding carboxylic acids is 1. The number of carbonyl (C=O) groups is 1. The van der Waals surface area contributed by atoms with Crippen LogP contribution in [0.1, 0.15) is 28.5 Å². The van der Waals surface area contributed by atoms with E-state index in [0.717, 1.165) is 16.5 Å². The number of aromatic amines is 1. The van der Waals surface area contributed by atoms with Gasteiger partial charge in [0, 0.05) is 16.5 Å². The van der Waals surface area contributed by atoms with Crippen molar-refractivity contribution in [2.75, 3.05) is 6.61 Å². The molecule has 0 fully saturated rings. The number of sulfonamides is 1. The van der Waals surface area contributed by atoms with Gasteiger partial charge in [0.25, 0.3) is 0 Å². The largest absolute Gasteiger partial charge is 0.494 e. The molecule has 3 rings (SSSR count). The van der Waals surface area contributed by atoms with Crippen LogP contribution in [-0.4, -0.2) is 25.8 Å². The van der Waals surface area contributed by atoms with E-state index in [-0.39, 0.29) is 21.3 Å². The fraction of sp³-hybridized carbons (Fsp3) is 0.167. The van der Waals surface area contributed by atoms with Gasteiger partial charge in [0.1, 0.15) is 10.6 Å². The molecule has 3 aromatic rings. The standard InChI is InChI=1S/C18H17ClN2O4S/c1-3-25-12-5-7-15-13(9-12)10(2)17(21-15)18(22)11-4-6-14(19)16(8-11)26(20,23)24/h4-9,21H,3H2,1-2H3,(H2,20,23,24). The zero-order chi connectivity index (χ0) is 19.1. The van der Waals surface area contributed by atoms with E-state index in [9.17, 15) is 13.2 Å². The first kappa shape index (κ1) is 18.4. The molecule has 0 spiro atoms. The molecule has 0 unspecified atom stereocenters. The number of benzene rings is 2. The smallest absolute Gasteiger partial charge is 0.239 e. The fourth-order valence-electron chi connectivity index (χ4n) is 2.80. The second kappa shape index (κ2) is 6.75. The molecule has 0 saturated carbocycles. The average Bonchev–Trinajstić information content (AvgIpc) is 2.91. The number of ketones is 1. The number of hydrogen-bond donors (Lipinski definition) is 2. The van der Waals surface area contributed by atoms with Gasteiger partial charge in [-0.05, 0) is 55.8 Å². The molecule has 0 bridgehead atoms. The third-order valence-corrected chi connectivity index (χ3v) is 5.46. The van der Waals surface area contributed by atoms with Gasteiger partial charge in [-0.15, -0.1) is 0 Å². The van der Waals surface area contributed by atoms with Crippen LogP contribution >= 0.6 is 11.6 Å². The molecule has 1 aromatic heterocycles. The predicted molar refractivity (Wildman–Crippen MR) is 100 cm³/mol. The second-order valence-corrected chi connectivity index (χ2v) is 7.72. The number of halogens is 1. The predicted octanol–water partition coefficient (Wildman–Crippen LogP) is 3.41. The van der Waals surface area contributed by atoms with Crippen molar-refractivity contribution in [2.24, 2.45) is 5.14 Å². The van der Waals surface area contributed by atoms with Crippen LogP contribution in [0.4, 0.5) is 0 Å². The minimum absolute atomic E-state index is 0.0289. The number of hydrogen-bond acceptors (Lipinski definition) is 4. The Morgan fingerprint density at radius 3 is 2.62 bits per heavy atom. The van der Waals surface area contributed by atoms with Crippen LogP contribution in [0.3, 0.4) is 0 Å². The van der Waals surface area contributed by atoms with Crippen LogP contribution in [0.5, 0.6) is 5.75 Å². The normalized spacial score (nSPS) is 11.7. The van der Waals surface area contributed by atoms with E-state index in [1.165, 1.54) is 18.2 Å². The average molecular weight is 393 g/mol. The van der Waals surface area contributed by atoms with Crippen molar-refractivity contribution in [2.45, 2.75) is 18.7 Å². The third kappa shape index (κ3) is 3.33. The van der Waals surface area contributed by atoms with Crippen molar-refractivity contribution in [3.63, 3.8) is 0 Å². The lowest BCUT2D eigenvalue weighted by atomic mass is 10.0. The number of fused-ring (bicyclic) bond motifs is 1. The maximum Gasteiger partial charge on any atom is 0.239 e. The zero-order valence-corrected chi connectivity index (χ0v) is 15.7. The lowest BCUT2D eigenvalue weighted by molar-refractivity contribution is 0.103. The fourth-order valence-corrected chi connectivity index (χ4v) is 3.87. The highest BCUT2D eigenvalue weighted by molar-refractivity contribution is 7.89. The SMILES string of the molecule is CCOc1ccc2[nH]c(C(=O)c3ccc(Cl)c(S(N)(=O)=O)c3)c(C)c2c1. The maximum absolute atomic E-state index is 12.9. The Balaban J connectivity index is 2.09. The van der Waals surface area contributed by atoms with Gasteiger partial charge < -0.3 is 9.72 Å². The van der Waals surface area contributed by atoms with Crippen molar-refractivity contribution < 1.29 is 17.9 Å². The van der Waals surface area contributed by atoms with E-state index < -0.39 is 10.0 Å². The van der Waals surface area contributed by atoms with Crippen LogP contribution in [0.25, 0.3) is 10.9 Å². The Bertz CT molecular complexity index is 1120. The second-order valence-electron chi connectivity index (χ2n) is 5.78. The topological polar surface area (TPSA) is 102 Å². The van der Waals surface area contributed by atoms with Gasteiger partial charge in [-0.25, -0.2) is 13.6 Å². The molecule has 3 N–H and O–H groups in total. The van der Waals surface area contributed by atoms with Gasteiger partial charge in [0.15, 0.2) is 0 Å². The summed E-state index contributed by atoms with van der Waals surface area (Å²) in [6.45, 7) is 4.26. The lowest BCUT2D eigenvalue weighted by Gasteiger charge is -2.05. The molecule has 0 atom stereocenters. The molecule has 0 aliphatic rings. The summed E-state index contributed by atoms with van der Waals surface area (Å²) >= 11 is 5.88.